The molecule has 27 heavy (non-hydrogen) atoms. The van der Waals surface area contributed by atoms with Crippen molar-refractivity contribution in [3.8, 4) is 0 Å². The van der Waals surface area contributed by atoms with Crippen molar-refractivity contribution < 1.29 is 5.21 Å². The lowest BCUT2D eigenvalue weighted by Crippen LogP contribution is -2.47. The highest BCUT2D eigenvalue weighted by Gasteiger charge is 2.22. The van der Waals surface area contributed by atoms with E-state index in [-0.39, 0.29) is 24.0 Å². The average Bonchev–Trinajstić information content (AvgIpc) is 2.68. The van der Waals surface area contributed by atoms with Gasteiger partial charge in [0.2, 0.25) is 0 Å². The van der Waals surface area contributed by atoms with Gasteiger partial charge in [-0.2, -0.15) is 0 Å². The largest absolute Gasteiger partial charge is 0.409 e. The summed E-state index contributed by atoms with van der Waals surface area (Å²) in [5.41, 5.74) is 12.3. The maximum absolute atomic E-state index is 12.8. The Kier molecular flexibility index (Phi) is 5.31. The second kappa shape index (κ2) is 7.67. The zero-order valence-corrected chi connectivity index (χ0v) is 15.2. The topological polar surface area (TPSA) is 132 Å². The van der Waals surface area contributed by atoms with Crippen LogP contribution in [0.25, 0.3) is 0 Å². The van der Waals surface area contributed by atoms with Crippen LogP contribution in [0.1, 0.15) is 24.0 Å². The van der Waals surface area contributed by atoms with Gasteiger partial charge in [-0.1, -0.05) is 29.4 Å². The molecule has 1 fully saturated rings. The van der Waals surface area contributed by atoms with Crippen LogP contribution in [-0.2, 0) is 13.6 Å². The zero-order chi connectivity index (χ0) is 19.6. The Morgan fingerprint density at radius 3 is 2.78 bits per heavy atom. The molecule has 0 spiro atoms. The lowest BCUT2D eigenvalue weighted by Gasteiger charge is -2.34. The highest BCUT2D eigenvalue weighted by Crippen LogP contribution is 2.19. The van der Waals surface area contributed by atoms with Gasteiger partial charge in [-0.3, -0.25) is 13.9 Å². The molecular formula is C18H24N6O3. The Bertz CT molecular complexity index is 978. The maximum atomic E-state index is 12.8. The summed E-state index contributed by atoms with van der Waals surface area (Å²) < 4.78 is 2.60. The van der Waals surface area contributed by atoms with Crippen molar-refractivity contribution in [2.75, 3.05) is 18.0 Å². The van der Waals surface area contributed by atoms with E-state index in [1.54, 1.807) is 18.2 Å². The first-order valence-corrected chi connectivity index (χ1v) is 8.79. The molecule has 1 aromatic carbocycles. The first-order chi connectivity index (χ1) is 12.9. The molecule has 0 aliphatic carbocycles. The summed E-state index contributed by atoms with van der Waals surface area (Å²) in [6.07, 6.45) is 1.81. The first-order valence-electron chi connectivity index (χ1n) is 8.79. The van der Waals surface area contributed by atoms with E-state index in [9.17, 15) is 9.59 Å². The van der Waals surface area contributed by atoms with Gasteiger partial charge >= 0.3 is 5.69 Å². The van der Waals surface area contributed by atoms with E-state index >= 15 is 0 Å². The number of benzene rings is 1. The minimum Gasteiger partial charge on any atom is -0.409 e. The van der Waals surface area contributed by atoms with Crippen molar-refractivity contribution >= 4 is 11.7 Å². The van der Waals surface area contributed by atoms with Crippen molar-refractivity contribution in [3.05, 3.63) is 62.3 Å². The quantitative estimate of drug-likeness (QED) is 0.290. The predicted molar refractivity (Wildman–Crippen MR) is 103 cm³/mol. The number of oxime groups is 1. The smallest absolute Gasteiger partial charge is 0.332 e. The number of rotatable bonds is 4. The number of piperidine rings is 1. The molecule has 9 nitrogen and oxygen atoms in total. The summed E-state index contributed by atoms with van der Waals surface area (Å²) in [7, 11) is 1.45. The van der Waals surface area contributed by atoms with Crippen LogP contribution in [0.4, 0.5) is 5.82 Å². The number of amidine groups is 1. The fraction of sp³-hybridized carbons (Fsp3) is 0.389. The molecule has 3 rings (SSSR count). The van der Waals surface area contributed by atoms with Crippen LogP contribution in [0.5, 0.6) is 0 Å². The molecule has 1 aliphatic heterocycles. The van der Waals surface area contributed by atoms with Crippen LogP contribution in [-0.4, -0.2) is 39.3 Å². The monoisotopic (exact) mass is 372 g/mol. The normalized spacial score (nSPS) is 17.9. The summed E-state index contributed by atoms with van der Waals surface area (Å²) in [4.78, 5) is 27.1. The molecule has 0 unspecified atom stereocenters. The van der Waals surface area contributed by atoms with Gasteiger partial charge in [-0.25, -0.2) is 4.79 Å². The summed E-state index contributed by atoms with van der Waals surface area (Å²) in [6.45, 7) is 1.48. The Morgan fingerprint density at radius 1 is 1.33 bits per heavy atom. The van der Waals surface area contributed by atoms with Gasteiger partial charge in [0, 0.05) is 37.8 Å². The summed E-state index contributed by atoms with van der Waals surface area (Å²) in [5, 5.41) is 12.1. The molecule has 0 saturated carbocycles. The van der Waals surface area contributed by atoms with Crippen LogP contribution in [0, 0.1) is 0 Å². The van der Waals surface area contributed by atoms with Gasteiger partial charge in [-0.15, -0.1) is 0 Å². The summed E-state index contributed by atoms with van der Waals surface area (Å²) in [6, 6.07) is 8.56. The van der Waals surface area contributed by atoms with Gasteiger partial charge in [0.25, 0.3) is 5.56 Å². The second-order valence-electron chi connectivity index (χ2n) is 6.76. The molecule has 144 valence electrons. The van der Waals surface area contributed by atoms with Crippen LogP contribution >= 0.6 is 0 Å². The van der Waals surface area contributed by atoms with Crippen molar-refractivity contribution in [2.24, 2.45) is 23.7 Å². The fourth-order valence-corrected chi connectivity index (χ4v) is 3.42. The molecular weight excluding hydrogens is 348 g/mol. The van der Waals surface area contributed by atoms with E-state index in [4.69, 9.17) is 16.7 Å². The molecule has 1 atom stereocenters. The summed E-state index contributed by atoms with van der Waals surface area (Å²) in [5.74, 6) is 0.498. The van der Waals surface area contributed by atoms with Gasteiger partial charge in [-0.05, 0) is 18.4 Å². The number of hydrogen-bond acceptors (Lipinski definition) is 6. The van der Waals surface area contributed by atoms with Crippen molar-refractivity contribution in [2.45, 2.75) is 25.4 Å². The van der Waals surface area contributed by atoms with Crippen LogP contribution in [0.3, 0.4) is 0 Å². The van der Waals surface area contributed by atoms with E-state index in [2.05, 4.69) is 5.16 Å². The van der Waals surface area contributed by atoms with Gasteiger partial charge < -0.3 is 21.6 Å². The molecule has 0 radical (unpaired) electrons. The van der Waals surface area contributed by atoms with Crippen molar-refractivity contribution in [1.82, 2.24) is 9.13 Å². The maximum Gasteiger partial charge on any atom is 0.332 e. The molecule has 9 heteroatoms. The first kappa shape index (κ1) is 18.7. The minimum atomic E-state index is -0.425. The standard InChI is InChI=1S/C18H24N6O3/c1-22-16(25)9-15(23-8-4-6-13(19)11-23)24(18(22)26)10-12-5-2-3-7-14(12)17(20)21-27/h2-3,5,7,9,13,27H,4,6,8,10-11,19H2,1H3,(H2,20,21)/t13-/m1/s1. The molecule has 1 aliphatic rings. The highest BCUT2D eigenvalue weighted by molar-refractivity contribution is 5.98. The number of nitrogens with zero attached hydrogens (tertiary/aromatic N) is 4. The molecule has 2 aromatic rings. The van der Waals surface area contributed by atoms with Gasteiger partial charge in [0.15, 0.2) is 5.84 Å². The Labute approximate surface area is 156 Å². The highest BCUT2D eigenvalue weighted by atomic mass is 16.4. The molecule has 0 amide bonds. The minimum absolute atomic E-state index is 0.00388. The van der Waals surface area contributed by atoms with Crippen molar-refractivity contribution in [3.63, 3.8) is 0 Å². The van der Waals surface area contributed by atoms with Crippen LogP contribution < -0.4 is 27.6 Å². The molecule has 0 bridgehead atoms. The number of anilines is 1. The number of nitrogens with two attached hydrogens (primary N) is 2. The fourth-order valence-electron chi connectivity index (χ4n) is 3.42. The SMILES string of the molecule is Cn1c(=O)cc(N2CCC[C@@H](N)C2)n(Cc2ccccc2/C(N)=N\O)c1=O. The Hall–Kier alpha value is -3.07. The van der Waals surface area contributed by atoms with Crippen LogP contribution in [0.15, 0.2) is 45.1 Å². The van der Waals surface area contributed by atoms with E-state index in [0.29, 0.717) is 23.5 Å². The number of aromatic nitrogens is 2. The Morgan fingerprint density at radius 2 is 2.07 bits per heavy atom. The molecule has 1 aromatic heterocycles. The van der Waals surface area contributed by atoms with E-state index in [1.165, 1.54) is 17.7 Å². The van der Waals surface area contributed by atoms with Gasteiger partial charge in [0.1, 0.15) is 5.82 Å². The van der Waals surface area contributed by atoms with E-state index in [1.807, 2.05) is 11.0 Å². The summed E-state index contributed by atoms with van der Waals surface area (Å²) >= 11 is 0. The predicted octanol–water partition coefficient (Wildman–Crippen LogP) is -0.383. The molecule has 1 saturated heterocycles. The third kappa shape index (κ3) is 3.72. The third-order valence-electron chi connectivity index (χ3n) is 4.89. The van der Waals surface area contributed by atoms with Crippen molar-refractivity contribution in [1.29, 1.82) is 0 Å². The lowest BCUT2D eigenvalue weighted by molar-refractivity contribution is 0.318. The van der Waals surface area contributed by atoms with E-state index < -0.39 is 5.69 Å². The van der Waals surface area contributed by atoms with E-state index in [0.717, 1.165) is 24.0 Å². The third-order valence-corrected chi connectivity index (χ3v) is 4.89. The van der Waals surface area contributed by atoms with Gasteiger partial charge in [0.05, 0.1) is 6.54 Å². The number of hydrogen-bond donors (Lipinski definition) is 3. The second-order valence-corrected chi connectivity index (χ2v) is 6.76. The zero-order valence-electron chi connectivity index (χ0n) is 15.2. The Balaban J connectivity index is 2.12. The average molecular weight is 372 g/mol. The lowest BCUT2D eigenvalue weighted by atomic mass is 10.1. The van der Waals surface area contributed by atoms with Crippen LogP contribution in [0.2, 0.25) is 0 Å². The molecule has 2 heterocycles. The molecule has 5 N–H and O–H groups in total.